The Labute approximate surface area is 199 Å². The maximum absolute atomic E-state index is 12.9. The molecule has 4 rings (SSSR count). The summed E-state index contributed by atoms with van der Waals surface area (Å²) in [5.74, 6) is -0.334. The first kappa shape index (κ1) is 23.8. The molecule has 9 heteroatoms. The number of sulfonamides is 1. The SMILES string of the molecule is CCc1ccc(-n2ccc(=O)c(C(=O)Nc3ccc(S(=O)(=O)N4CCC[C@H](C)C4)cc3)n2)cc1. The summed E-state index contributed by atoms with van der Waals surface area (Å²) in [6.07, 6.45) is 4.29. The minimum absolute atomic E-state index is 0.176. The first-order chi connectivity index (χ1) is 16.3. The highest BCUT2D eigenvalue weighted by molar-refractivity contribution is 7.89. The molecule has 1 aliphatic heterocycles. The van der Waals surface area contributed by atoms with Crippen molar-refractivity contribution in [1.29, 1.82) is 0 Å². The minimum Gasteiger partial charge on any atom is -0.320 e. The van der Waals surface area contributed by atoms with Crippen LogP contribution < -0.4 is 10.7 Å². The number of nitrogens with one attached hydrogen (secondary N) is 1. The van der Waals surface area contributed by atoms with Crippen molar-refractivity contribution < 1.29 is 13.2 Å². The maximum Gasteiger partial charge on any atom is 0.280 e. The summed E-state index contributed by atoms with van der Waals surface area (Å²) in [4.78, 5) is 25.2. The van der Waals surface area contributed by atoms with E-state index in [-0.39, 0.29) is 10.6 Å². The Balaban J connectivity index is 1.51. The van der Waals surface area contributed by atoms with Crippen LogP contribution >= 0.6 is 0 Å². The maximum atomic E-state index is 12.9. The van der Waals surface area contributed by atoms with Crippen LogP contribution in [0.4, 0.5) is 5.69 Å². The fourth-order valence-corrected chi connectivity index (χ4v) is 5.61. The molecule has 0 bridgehead atoms. The molecule has 1 aliphatic rings. The highest BCUT2D eigenvalue weighted by atomic mass is 32.2. The Kier molecular flexibility index (Phi) is 6.95. The molecule has 2 heterocycles. The predicted molar refractivity (Wildman–Crippen MR) is 131 cm³/mol. The molecule has 1 fully saturated rings. The first-order valence-electron chi connectivity index (χ1n) is 11.4. The molecule has 0 spiro atoms. The van der Waals surface area contributed by atoms with E-state index in [9.17, 15) is 18.0 Å². The lowest BCUT2D eigenvalue weighted by Gasteiger charge is -2.30. The van der Waals surface area contributed by atoms with Crippen LogP contribution in [-0.4, -0.2) is 41.5 Å². The van der Waals surface area contributed by atoms with Crippen molar-refractivity contribution in [2.75, 3.05) is 18.4 Å². The number of carbonyl (C=O) groups excluding carboxylic acids is 1. The first-order valence-corrected chi connectivity index (χ1v) is 12.8. The second-order valence-electron chi connectivity index (χ2n) is 8.58. The highest BCUT2D eigenvalue weighted by Crippen LogP contribution is 2.24. The Morgan fingerprint density at radius 1 is 1.09 bits per heavy atom. The molecule has 178 valence electrons. The second-order valence-corrected chi connectivity index (χ2v) is 10.5. The molecule has 0 saturated carbocycles. The Hall–Kier alpha value is -3.30. The number of amides is 1. The summed E-state index contributed by atoms with van der Waals surface area (Å²) in [6.45, 7) is 5.13. The quantitative estimate of drug-likeness (QED) is 0.582. The van der Waals surface area contributed by atoms with Gasteiger partial charge in [0.05, 0.1) is 10.6 Å². The van der Waals surface area contributed by atoms with E-state index in [1.807, 2.05) is 31.2 Å². The van der Waals surface area contributed by atoms with Gasteiger partial charge in [0.15, 0.2) is 5.69 Å². The predicted octanol–water partition coefficient (Wildman–Crippen LogP) is 3.47. The number of anilines is 1. The van der Waals surface area contributed by atoms with Crippen LogP contribution in [0.1, 0.15) is 42.7 Å². The lowest BCUT2D eigenvalue weighted by atomic mass is 10.0. The van der Waals surface area contributed by atoms with Crippen LogP contribution in [0.2, 0.25) is 0 Å². The van der Waals surface area contributed by atoms with E-state index in [1.165, 1.54) is 51.1 Å². The van der Waals surface area contributed by atoms with Crippen LogP contribution in [0.3, 0.4) is 0 Å². The molecule has 1 N–H and O–H groups in total. The second kappa shape index (κ2) is 9.90. The van der Waals surface area contributed by atoms with Crippen LogP contribution in [0.25, 0.3) is 5.69 Å². The van der Waals surface area contributed by atoms with Crippen LogP contribution in [0.15, 0.2) is 70.5 Å². The van der Waals surface area contributed by atoms with Crippen molar-refractivity contribution in [1.82, 2.24) is 14.1 Å². The fourth-order valence-electron chi connectivity index (χ4n) is 4.01. The van der Waals surface area contributed by atoms with Gasteiger partial charge in [0.25, 0.3) is 5.91 Å². The summed E-state index contributed by atoms with van der Waals surface area (Å²) in [5, 5.41) is 6.85. The monoisotopic (exact) mass is 480 g/mol. The normalized spacial score (nSPS) is 16.8. The lowest BCUT2D eigenvalue weighted by molar-refractivity contribution is 0.101. The van der Waals surface area contributed by atoms with Crippen molar-refractivity contribution >= 4 is 21.6 Å². The zero-order chi connectivity index (χ0) is 24.3. The molecule has 1 saturated heterocycles. The molecule has 3 aromatic rings. The van der Waals surface area contributed by atoms with Gasteiger partial charge in [-0.05, 0) is 67.1 Å². The third-order valence-electron chi connectivity index (χ3n) is 6.00. The van der Waals surface area contributed by atoms with E-state index in [2.05, 4.69) is 17.3 Å². The summed E-state index contributed by atoms with van der Waals surface area (Å²) in [6, 6.07) is 15.0. The summed E-state index contributed by atoms with van der Waals surface area (Å²) >= 11 is 0. The lowest BCUT2D eigenvalue weighted by Crippen LogP contribution is -2.39. The van der Waals surface area contributed by atoms with E-state index in [0.29, 0.717) is 24.7 Å². The Morgan fingerprint density at radius 3 is 2.44 bits per heavy atom. The molecule has 1 amide bonds. The molecule has 8 nitrogen and oxygen atoms in total. The van der Waals surface area contributed by atoms with E-state index >= 15 is 0 Å². The van der Waals surface area contributed by atoms with E-state index in [4.69, 9.17) is 0 Å². The number of hydrogen-bond donors (Lipinski definition) is 1. The number of piperidine rings is 1. The van der Waals surface area contributed by atoms with Crippen molar-refractivity contribution in [3.8, 4) is 5.69 Å². The number of carbonyl (C=O) groups is 1. The smallest absolute Gasteiger partial charge is 0.280 e. The number of aromatic nitrogens is 2. The average Bonchev–Trinajstić information content (AvgIpc) is 2.84. The number of rotatable bonds is 6. The number of nitrogens with zero attached hydrogens (tertiary/aromatic N) is 3. The fraction of sp³-hybridized carbons (Fsp3) is 0.320. The van der Waals surface area contributed by atoms with Gasteiger partial charge >= 0.3 is 0 Å². The van der Waals surface area contributed by atoms with Gasteiger partial charge in [0.1, 0.15) is 0 Å². The van der Waals surface area contributed by atoms with Crippen LogP contribution in [0, 0.1) is 5.92 Å². The number of benzene rings is 2. The summed E-state index contributed by atoms with van der Waals surface area (Å²) < 4.78 is 28.8. The van der Waals surface area contributed by atoms with E-state index in [1.54, 1.807) is 0 Å². The van der Waals surface area contributed by atoms with Gasteiger partial charge in [0.2, 0.25) is 15.5 Å². The molecule has 1 aromatic heterocycles. The third kappa shape index (κ3) is 5.10. The summed E-state index contributed by atoms with van der Waals surface area (Å²) in [5.41, 5.74) is 1.52. The third-order valence-corrected chi connectivity index (χ3v) is 7.88. The van der Waals surface area contributed by atoms with E-state index < -0.39 is 21.4 Å². The van der Waals surface area contributed by atoms with Crippen molar-refractivity contribution in [3.05, 3.63) is 82.3 Å². The molecule has 0 unspecified atom stereocenters. The van der Waals surface area contributed by atoms with Crippen LogP contribution in [-0.2, 0) is 16.4 Å². The van der Waals surface area contributed by atoms with Gasteiger partial charge in [-0.25, -0.2) is 13.1 Å². The zero-order valence-electron chi connectivity index (χ0n) is 19.3. The van der Waals surface area contributed by atoms with E-state index in [0.717, 1.165) is 24.9 Å². The van der Waals surface area contributed by atoms with Crippen molar-refractivity contribution in [2.24, 2.45) is 5.92 Å². The average molecular weight is 481 g/mol. The topological polar surface area (TPSA) is 101 Å². The Bertz CT molecular complexity index is 1330. The molecule has 0 radical (unpaired) electrons. The minimum atomic E-state index is -3.59. The van der Waals surface area contributed by atoms with Gasteiger partial charge < -0.3 is 5.32 Å². The highest BCUT2D eigenvalue weighted by Gasteiger charge is 2.28. The van der Waals surface area contributed by atoms with Crippen molar-refractivity contribution in [2.45, 2.75) is 38.0 Å². The van der Waals surface area contributed by atoms with Crippen LogP contribution in [0.5, 0.6) is 0 Å². The van der Waals surface area contributed by atoms with Gasteiger partial charge in [-0.1, -0.05) is 26.0 Å². The molecule has 34 heavy (non-hydrogen) atoms. The number of aryl methyl sites for hydroxylation is 1. The molecule has 2 aromatic carbocycles. The standard InChI is InChI=1S/C25H28N4O4S/c1-3-19-6-10-21(11-7-19)29-16-14-23(30)24(27-29)25(31)26-20-8-12-22(13-9-20)34(32,33)28-15-4-5-18(2)17-28/h6-14,16,18H,3-5,15,17H2,1-2H3,(H,26,31)/t18-/m0/s1. The summed E-state index contributed by atoms with van der Waals surface area (Å²) in [7, 11) is -3.59. The van der Waals surface area contributed by atoms with Crippen molar-refractivity contribution in [3.63, 3.8) is 0 Å². The zero-order valence-corrected chi connectivity index (χ0v) is 20.1. The largest absolute Gasteiger partial charge is 0.320 e. The van der Waals surface area contributed by atoms with Gasteiger partial charge in [-0.2, -0.15) is 9.40 Å². The number of hydrogen-bond acceptors (Lipinski definition) is 5. The molecular formula is C25H28N4O4S. The molecule has 0 aliphatic carbocycles. The van der Waals surface area contributed by atoms with Gasteiger partial charge in [-0.15, -0.1) is 0 Å². The molecule has 1 atom stereocenters. The van der Waals surface area contributed by atoms with Gasteiger partial charge in [-0.3, -0.25) is 9.59 Å². The molecular weight excluding hydrogens is 452 g/mol. The Morgan fingerprint density at radius 2 is 1.79 bits per heavy atom. The van der Waals surface area contributed by atoms with Gasteiger partial charge in [0, 0.05) is 31.0 Å².